The van der Waals surface area contributed by atoms with E-state index in [4.69, 9.17) is 0 Å². The van der Waals surface area contributed by atoms with Gasteiger partial charge in [-0.25, -0.2) is 0 Å². The first-order valence-corrected chi connectivity index (χ1v) is 9.06. The molecule has 1 N–H and O–H groups in total. The maximum Gasteiger partial charge on any atom is 0.306 e. The van der Waals surface area contributed by atoms with Gasteiger partial charge in [-0.2, -0.15) is 0 Å². The van der Waals surface area contributed by atoms with Gasteiger partial charge in [0.1, 0.15) is 0 Å². The van der Waals surface area contributed by atoms with Crippen LogP contribution in [0.2, 0.25) is 0 Å². The van der Waals surface area contributed by atoms with E-state index in [1.807, 2.05) is 12.1 Å². The molecule has 0 aliphatic heterocycles. The van der Waals surface area contributed by atoms with E-state index in [0.717, 1.165) is 51.4 Å². The van der Waals surface area contributed by atoms with Crippen LogP contribution in [0.5, 0.6) is 0 Å². The lowest BCUT2D eigenvalue weighted by molar-refractivity contribution is -0.142. The van der Waals surface area contributed by atoms with Crippen molar-refractivity contribution in [1.82, 2.24) is 0 Å². The van der Waals surface area contributed by atoms with Crippen LogP contribution in [0, 0.1) is 5.92 Å². The molecule has 0 aliphatic carbocycles. The minimum absolute atomic E-state index is 0.184. The van der Waals surface area contributed by atoms with Gasteiger partial charge in [-0.05, 0) is 49.7 Å². The summed E-state index contributed by atoms with van der Waals surface area (Å²) in [6.07, 6.45) is 7.80. The number of benzene rings is 2. The van der Waals surface area contributed by atoms with E-state index in [0.29, 0.717) is 0 Å². The van der Waals surface area contributed by atoms with E-state index in [2.05, 4.69) is 48.5 Å². The van der Waals surface area contributed by atoms with Crippen LogP contribution in [-0.4, -0.2) is 11.1 Å². The Morgan fingerprint density at radius 1 is 0.708 bits per heavy atom. The summed E-state index contributed by atoms with van der Waals surface area (Å²) in [5.41, 5.74) is 2.68. The molecule has 2 heteroatoms. The third-order valence-electron chi connectivity index (χ3n) is 4.57. The van der Waals surface area contributed by atoms with E-state index in [9.17, 15) is 9.90 Å². The summed E-state index contributed by atoms with van der Waals surface area (Å²) in [6, 6.07) is 20.8. The van der Waals surface area contributed by atoms with Gasteiger partial charge < -0.3 is 5.11 Å². The second-order valence-electron chi connectivity index (χ2n) is 6.50. The van der Waals surface area contributed by atoms with Gasteiger partial charge in [-0.15, -0.1) is 0 Å². The molecule has 0 aliphatic rings. The number of hydrogen-bond acceptors (Lipinski definition) is 1. The average Bonchev–Trinajstić information content (AvgIpc) is 2.62. The highest BCUT2D eigenvalue weighted by molar-refractivity contribution is 5.69. The average molecular weight is 324 g/mol. The van der Waals surface area contributed by atoms with Crippen LogP contribution in [-0.2, 0) is 17.6 Å². The number of carbonyl (C=O) groups is 1. The van der Waals surface area contributed by atoms with Gasteiger partial charge in [-0.3, -0.25) is 4.79 Å². The molecule has 2 rings (SSSR count). The number of hydrogen-bond donors (Lipinski definition) is 1. The van der Waals surface area contributed by atoms with Gasteiger partial charge in [0.25, 0.3) is 0 Å². The molecule has 0 fully saturated rings. The van der Waals surface area contributed by atoms with Crippen molar-refractivity contribution in [2.75, 3.05) is 0 Å². The Morgan fingerprint density at radius 2 is 1.12 bits per heavy atom. The second-order valence-corrected chi connectivity index (χ2v) is 6.50. The van der Waals surface area contributed by atoms with Crippen LogP contribution in [0.1, 0.15) is 49.7 Å². The van der Waals surface area contributed by atoms with Crippen LogP contribution in [0.4, 0.5) is 0 Å². The summed E-state index contributed by atoms with van der Waals surface area (Å²) >= 11 is 0. The summed E-state index contributed by atoms with van der Waals surface area (Å²) in [6.45, 7) is 0. The highest BCUT2D eigenvalue weighted by atomic mass is 16.4. The molecule has 0 atom stereocenters. The molecular formula is C22H28O2. The molecular weight excluding hydrogens is 296 g/mol. The van der Waals surface area contributed by atoms with E-state index >= 15 is 0 Å². The molecule has 0 radical (unpaired) electrons. The van der Waals surface area contributed by atoms with Gasteiger partial charge in [0.2, 0.25) is 0 Å². The molecule has 0 saturated heterocycles. The minimum atomic E-state index is -0.630. The first-order chi connectivity index (χ1) is 11.8. The Kier molecular flexibility index (Phi) is 8.09. The quantitative estimate of drug-likeness (QED) is 0.553. The van der Waals surface area contributed by atoms with Crippen LogP contribution in [0.15, 0.2) is 60.7 Å². The zero-order chi connectivity index (χ0) is 17.0. The fourth-order valence-electron chi connectivity index (χ4n) is 3.12. The number of unbranched alkanes of at least 4 members (excludes halogenated alkanes) is 2. The maximum absolute atomic E-state index is 11.4. The molecule has 24 heavy (non-hydrogen) atoms. The Hall–Kier alpha value is -2.09. The standard InChI is InChI=1S/C22H28O2/c23-22(24)21(17-9-7-15-19-11-3-1-4-12-19)18-10-8-16-20-13-5-2-6-14-20/h1-6,11-14,21H,7-10,15-18H2,(H,23,24). The fourth-order valence-corrected chi connectivity index (χ4v) is 3.12. The molecule has 0 bridgehead atoms. The van der Waals surface area contributed by atoms with Crippen molar-refractivity contribution in [3.05, 3.63) is 71.8 Å². The number of carboxylic acid groups (broad SMARTS) is 1. The Bertz CT molecular complexity index is 530. The SMILES string of the molecule is O=C(O)C(CCCCc1ccccc1)CCCCc1ccccc1. The first-order valence-electron chi connectivity index (χ1n) is 9.06. The molecule has 0 unspecified atom stereocenters. The van der Waals surface area contributed by atoms with Crippen molar-refractivity contribution in [2.24, 2.45) is 5.92 Å². The lowest BCUT2D eigenvalue weighted by Crippen LogP contribution is -2.13. The van der Waals surface area contributed by atoms with Crippen molar-refractivity contribution in [2.45, 2.75) is 51.4 Å². The Morgan fingerprint density at radius 3 is 1.50 bits per heavy atom. The van der Waals surface area contributed by atoms with Crippen LogP contribution < -0.4 is 0 Å². The smallest absolute Gasteiger partial charge is 0.306 e. The van der Waals surface area contributed by atoms with E-state index < -0.39 is 5.97 Å². The van der Waals surface area contributed by atoms with Gasteiger partial charge >= 0.3 is 5.97 Å². The third kappa shape index (κ3) is 6.99. The van der Waals surface area contributed by atoms with Crippen LogP contribution in [0.25, 0.3) is 0 Å². The van der Waals surface area contributed by atoms with E-state index in [1.54, 1.807) is 0 Å². The summed E-state index contributed by atoms with van der Waals surface area (Å²) in [7, 11) is 0. The number of aliphatic carboxylic acids is 1. The van der Waals surface area contributed by atoms with Crippen molar-refractivity contribution in [1.29, 1.82) is 0 Å². The predicted octanol–water partition coefficient (Wildman–Crippen LogP) is 5.51. The summed E-state index contributed by atoms with van der Waals surface area (Å²) in [5, 5.41) is 9.41. The molecule has 0 heterocycles. The molecule has 0 aromatic heterocycles. The Labute approximate surface area is 145 Å². The summed E-state index contributed by atoms with van der Waals surface area (Å²) in [5.74, 6) is -0.814. The topological polar surface area (TPSA) is 37.3 Å². The van der Waals surface area contributed by atoms with Crippen LogP contribution in [0.3, 0.4) is 0 Å². The molecule has 0 amide bonds. The monoisotopic (exact) mass is 324 g/mol. The lowest BCUT2D eigenvalue weighted by atomic mass is 9.94. The molecule has 2 aromatic rings. The fraction of sp³-hybridized carbons (Fsp3) is 0.409. The highest BCUT2D eigenvalue weighted by Gasteiger charge is 2.16. The maximum atomic E-state index is 11.4. The minimum Gasteiger partial charge on any atom is -0.481 e. The van der Waals surface area contributed by atoms with Crippen molar-refractivity contribution >= 4 is 5.97 Å². The molecule has 2 aromatic carbocycles. The summed E-state index contributed by atoms with van der Waals surface area (Å²) < 4.78 is 0. The third-order valence-corrected chi connectivity index (χ3v) is 4.57. The largest absolute Gasteiger partial charge is 0.481 e. The number of aryl methyl sites for hydroxylation is 2. The van der Waals surface area contributed by atoms with Gasteiger partial charge in [0.05, 0.1) is 5.92 Å². The molecule has 128 valence electrons. The van der Waals surface area contributed by atoms with Gasteiger partial charge in [0, 0.05) is 0 Å². The number of rotatable bonds is 11. The van der Waals surface area contributed by atoms with Gasteiger partial charge in [0.15, 0.2) is 0 Å². The van der Waals surface area contributed by atoms with Crippen LogP contribution >= 0.6 is 0 Å². The lowest BCUT2D eigenvalue weighted by Gasteiger charge is -2.12. The number of carboxylic acids is 1. The van der Waals surface area contributed by atoms with E-state index in [-0.39, 0.29) is 5.92 Å². The molecule has 0 spiro atoms. The highest BCUT2D eigenvalue weighted by Crippen LogP contribution is 2.18. The first kappa shape index (κ1) is 18.3. The zero-order valence-electron chi connectivity index (χ0n) is 14.4. The van der Waals surface area contributed by atoms with Crippen molar-refractivity contribution in [3.63, 3.8) is 0 Å². The van der Waals surface area contributed by atoms with Crippen molar-refractivity contribution < 1.29 is 9.90 Å². The zero-order valence-corrected chi connectivity index (χ0v) is 14.4. The van der Waals surface area contributed by atoms with E-state index in [1.165, 1.54) is 11.1 Å². The predicted molar refractivity (Wildman–Crippen MR) is 99.1 cm³/mol. The molecule has 0 saturated carbocycles. The second kappa shape index (κ2) is 10.6. The Balaban J connectivity index is 1.61. The summed E-state index contributed by atoms with van der Waals surface area (Å²) in [4.78, 5) is 11.4. The van der Waals surface area contributed by atoms with Gasteiger partial charge in [-0.1, -0.05) is 73.5 Å². The van der Waals surface area contributed by atoms with Crippen molar-refractivity contribution in [3.8, 4) is 0 Å². The molecule has 2 nitrogen and oxygen atoms in total. The normalized spacial score (nSPS) is 10.9.